The van der Waals surface area contributed by atoms with Crippen LogP contribution in [0.2, 0.25) is 0 Å². The Morgan fingerprint density at radius 3 is 2.40 bits per heavy atom. The first kappa shape index (κ1) is 16.1. The number of pyridine rings is 1. The Morgan fingerprint density at radius 1 is 1.40 bits per heavy atom. The van der Waals surface area contributed by atoms with Crippen molar-refractivity contribution in [1.29, 1.82) is 0 Å². The second-order valence-electron chi connectivity index (χ2n) is 4.82. The number of carboxylic acids is 1. The third kappa shape index (κ3) is 4.28. The van der Waals surface area contributed by atoms with Gasteiger partial charge in [-0.05, 0) is 26.0 Å². The lowest BCUT2D eigenvalue weighted by Crippen LogP contribution is -2.46. The first-order chi connectivity index (χ1) is 9.03. The van der Waals surface area contributed by atoms with E-state index in [2.05, 4.69) is 9.71 Å². The number of carbonyl (C=O) groups is 2. The van der Waals surface area contributed by atoms with Crippen LogP contribution in [0.1, 0.15) is 30.6 Å². The summed E-state index contributed by atoms with van der Waals surface area (Å²) >= 11 is 0. The van der Waals surface area contributed by atoms with Gasteiger partial charge in [0.15, 0.2) is 5.03 Å². The molecular weight excluding hydrogens is 286 g/mol. The lowest BCUT2D eigenvalue weighted by Gasteiger charge is -2.24. The lowest BCUT2D eigenvalue weighted by atomic mass is 10.0. The summed E-state index contributed by atoms with van der Waals surface area (Å²) in [5.41, 5.74) is 3.84. The molecule has 9 heteroatoms. The highest BCUT2D eigenvalue weighted by atomic mass is 32.2. The van der Waals surface area contributed by atoms with E-state index < -0.39 is 27.4 Å². The summed E-state index contributed by atoms with van der Waals surface area (Å²) in [5, 5.41) is 8.37. The molecule has 1 amide bonds. The first-order valence-electron chi connectivity index (χ1n) is 5.55. The number of aromatic carboxylic acids is 1. The van der Waals surface area contributed by atoms with Gasteiger partial charge in [-0.15, -0.1) is 0 Å². The van der Waals surface area contributed by atoms with Gasteiger partial charge in [0.05, 0.1) is 5.56 Å². The van der Waals surface area contributed by atoms with Crippen LogP contribution in [0.25, 0.3) is 0 Å². The molecule has 0 saturated carbocycles. The minimum Gasteiger partial charge on any atom is -0.478 e. The number of nitrogens with zero attached hydrogens (tertiary/aromatic N) is 1. The normalized spacial score (nSPS) is 12.1. The maximum Gasteiger partial charge on any atom is 0.337 e. The average molecular weight is 301 g/mol. The molecule has 0 atom stereocenters. The summed E-state index contributed by atoms with van der Waals surface area (Å²) < 4.78 is 26.4. The Bertz CT molecular complexity index is 622. The predicted octanol–water partition coefficient (Wildman–Crippen LogP) is -0.288. The summed E-state index contributed by atoms with van der Waals surface area (Å²) in [6.07, 6.45) is 0.761. The van der Waals surface area contributed by atoms with Gasteiger partial charge in [-0.2, -0.15) is 0 Å². The Labute approximate surface area is 116 Å². The van der Waals surface area contributed by atoms with E-state index in [1.54, 1.807) is 0 Å². The van der Waals surface area contributed by atoms with Crippen molar-refractivity contribution < 1.29 is 23.1 Å². The van der Waals surface area contributed by atoms with E-state index in [-0.39, 0.29) is 17.0 Å². The molecule has 1 rings (SSSR count). The predicted molar refractivity (Wildman–Crippen MR) is 69.4 cm³/mol. The molecule has 0 aliphatic heterocycles. The summed E-state index contributed by atoms with van der Waals surface area (Å²) in [6.45, 7) is 3.00. The molecule has 0 aliphatic carbocycles. The molecule has 1 aromatic rings. The van der Waals surface area contributed by atoms with Crippen LogP contribution in [-0.2, 0) is 14.8 Å². The second kappa shape index (κ2) is 5.55. The van der Waals surface area contributed by atoms with Gasteiger partial charge in [0.25, 0.3) is 10.0 Å². The number of sulfonamides is 1. The van der Waals surface area contributed by atoms with Crippen molar-refractivity contribution in [3.05, 3.63) is 23.9 Å². The van der Waals surface area contributed by atoms with Crippen LogP contribution in [0.5, 0.6) is 0 Å². The number of carbonyl (C=O) groups excluding carboxylic acids is 1. The van der Waals surface area contributed by atoms with Crippen LogP contribution in [0, 0.1) is 0 Å². The summed E-state index contributed by atoms with van der Waals surface area (Å²) in [7, 11) is -3.97. The van der Waals surface area contributed by atoms with E-state index in [0.717, 1.165) is 18.3 Å². The maximum atomic E-state index is 12.0. The van der Waals surface area contributed by atoms with Crippen LogP contribution in [0.15, 0.2) is 23.4 Å². The standard InChI is InChI=1S/C11H15N3O5S/c1-11(2,5-8(12)15)14-20(18,19)9-4-3-7(6-13-9)10(16)17/h3-4,6,14H,5H2,1-2H3,(H2,12,15)(H,16,17). The van der Waals surface area contributed by atoms with Gasteiger partial charge in [-0.25, -0.2) is 22.9 Å². The number of primary amides is 1. The number of carboxylic acid groups (broad SMARTS) is 1. The first-order valence-corrected chi connectivity index (χ1v) is 7.03. The van der Waals surface area contributed by atoms with Gasteiger partial charge in [-0.3, -0.25) is 4.79 Å². The molecule has 0 spiro atoms. The van der Waals surface area contributed by atoms with Gasteiger partial charge >= 0.3 is 5.97 Å². The molecule has 0 bridgehead atoms. The highest BCUT2D eigenvalue weighted by Gasteiger charge is 2.28. The third-order valence-corrected chi connectivity index (χ3v) is 3.90. The number of hydrogen-bond donors (Lipinski definition) is 3. The number of rotatable bonds is 6. The van der Waals surface area contributed by atoms with Crippen molar-refractivity contribution in [3.63, 3.8) is 0 Å². The zero-order valence-electron chi connectivity index (χ0n) is 11.0. The number of nitrogens with one attached hydrogen (secondary N) is 1. The van der Waals surface area contributed by atoms with Crippen LogP contribution in [0.4, 0.5) is 0 Å². The molecule has 1 aromatic heterocycles. The van der Waals surface area contributed by atoms with Crippen molar-refractivity contribution in [1.82, 2.24) is 9.71 Å². The summed E-state index contributed by atoms with van der Waals surface area (Å²) in [6, 6.07) is 2.21. The number of nitrogens with two attached hydrogens (primary N) is 1. The molecule has 0 fully saturated rings. The van der Waals surface area contributed by atoms with Crippen molar-refractivity contribution in [2.45, 2.75) is 30.8 Å². The van der Waals surface area contributed by atoms with Gasteiger partial charge in [0, 0.05) is 18.2 Å². The monoisotopic (exact) mass is 301 g/mol. The lowest BCUT2D eigenvalue weighted by molar-refractivity contribution is -0.119. The molecule has 20 heavy (non-hydrogen) atoms. The second-order valence-corrected chi connectivity index (χ2v) is 6.45. The zero-order valence-corrected chi connectivity index (χ0v) is 11.8. The smallest absolute Gasteiger partial charge is 0.337 e. The average Bonchev–Trinajstić information content (AvgIpc) is 2.25. The zero-order chi connectivity index (χ0) is 15.6. The minimum atomic E-state index is -3.97. The Morgan fingerprint density at radius 2 is 2.00 bits per heavy atom. The highest BCUT2D eigenvalue weighted by molar-refractivity contribution is 7.89. The van der Waals surface area contributed by atoms with Gasteiger partial charge < -0.3 is 10.8 Å². The Hall–Kier alpha value is -2.00. The van der Waals surface area contributed by atoms with Crippen molar-refractivity contribution >= 4 is 21.9 Å². The maximum absolute atomic E-state index is 12.0. The van der Waals surface area contributed by atoms with E-state index in [0.29, 0.717) is 0 Å². The van der Waals surface area contributed by atoms with E-state index in [1.165, 1.54) is 13.8 Å². The molecule has 1 heterocycles. The molecule has 0 aliphatic rings. The molecule has 0 radical (unpaired) electrons. The SMILES string of the molecule is CC(C)(CC(N)=O)NS(=O)(=O)c1ccc(C(=O)O)cn1. The van der Waals surface area contributed by atoms with E-state index in [4.69, 9.17) is 10.8 Å². The minimum absolute atomic E-state index is 0.125. The van der Waals surface area contributed by atoms with Gasteiger partial charge in [-0.1, -0.05) is 0 Å². The fourth-order valence-electron chi connectivity index (χ4n) is 1.55. The largest absolute Gasteiger partial charge is 0.478 e. The summed E-state index contributed by atoms with van der Waals surface area (Å²) in [4.78, 5) is 25.1. The number of hydrogen-bond acceptors (Lipinski definition) is 5. The number of aromatic nitrogens is 1. The van der Waals surface area contributed by atoms with E-state index >= 15 is 0 Å². The molecule has 0 aromatic carbocycles. The number of amides is 1. The molecule has 8 nitrogen and oxygen atoms in total. The van der Waals surface area contributed by atoms with Gasteiger partial charge in [0.1, 0.15) is 0 Å². The van der Waals surface area contributed by atoms with Crippen LogP contribution >= 0.6 is 0 Å². The highest BCUT2D eigenvalue weighted by Crippen LogP contribution is 2.14. The fraction of sp³-hybridized carbons (Fsp3) is 0.364. The van der Waals surface area contributed by atoms with E-state index in [9.17, 15) is 18.0 Å². The molecule has 110 valence electrons. The third-order valence-electron chi connectivity index (χ3n) is 2.29. The Balaban J connectivity index is 2.99. The fourth-order valence-corrected chi connectivity index (χ4v) is 2.90. The summed E-state index contributed by atoms with van der Waals surface area (Å²) in [5.74, 6) is -1.85. The Kier molecular flexibility index (Phi) is 4.46. The van der Waals surface area contributed by atoms with Crippen molar-refractivity contribution in [2.24, 2.45) is 5.73 Å². The van der Waals surface area contributed by atoms with Crippen molar-refractivity contribution in [2.75, 3.05) is 0 Å². The van der Waals surface area contributed by atoms with Crippen molar-refractivity contribution in [3.8, 4) is 0 Å². The van der Waals surface area contributed by atoms with Crippen LogP contribution in [0.3, 0.4) is 0 Å². The molecule has 4 N–H and O–H groups in total. The molecule has 0 saturated heterocycles. The molecule has 0 unspecified atom stereocenters. The van der Waals surface area contributed by atoms with Gasteiger partial charge in [0.2, 0.25) is 5.91 Å². The molecular formula is C11H15N3O5S. The van der Waals surface area contributed by atoms with Crippen LogP contribution in [-0.4, -0.2) is 35.9 Å². The van der Waals surface area contributed by atoms with E-state index in [1.807, 2.05) is 0 Å². The van der Waals surface area contributed by atoms with Crippen LogP contribution < -0.4 is 10.5 Å². The topological polar surface area (TPSA) is 139 Å². The quantitative estimate of drug-likeness (QED) is 0.659.